The smallest absolute Gasteiger partial charge is 0.247 e. The van der Waals surface area contributed by atoms with Crippen LogP contribution in [0.25, 0.3) is 0 Å². The summed E-state index contributed by atoms with van der Waals surface area (Å²) < 4.78 is 18.8. The van der Waals surface area contributed by atoms with Gasteiger partial charge in [-0.15, -0.1) is 0 Å². The highest BCUT2D eigenvalue weighted by Crippen LogP contribution is 2.39. The summed E-state index contributed by atoms with van der Waals surface area (Å²) in [6.45, 7) is 13.3. The van der Waals surface area contributed by atoms with Crippen LogP contribution >= 0.6 is 18.7 Å². The molecule has 2 aliphatic rings. The van der Waals surface area contributed by atoms with Crippen molar-refractivity contribution in [3.8, 4) is 5.75 Å². The number of likely N-dealkylation sites (N-methyl/N-ethyl adjacent to an activating group) is 1. The van der Waals surface area contributed by atoms with Gasteiger partial charge >= 0.3 is 0 Å². The van der Waals surface area contributed by atoms with Gasteiger partial charge in [0.05, 0.1) is 30.4 Å². The van der Waals surface area contributed by atoms with Crippen LogP contribution in [-0.2, 0) is 15.8 Å². The molecule has 240 valence electrons. The van der Waals surface area contributed by atoms with Crippen molar-refractivity contribution in [2.45, 2.75) is 25.3 Å². The lowest BCUT2D eigenvalue weighted by atomic mass is 10.00. The van der Waals surface area contributed by atoms with Crippen LogP contribution in [0.15, 0.2) is 55.3 Å². The Hall–Kier alpha value is -3.43. The van der Waals surface area contributed by atoms with Crippen molar-refractivity contribution in [2.75, 3.05) is 82.3 Å². The lowest BCUT2D eigenvalue weighted by molar-refractivity contribution is -0.111. The average molecular weight is 652 g/mol. The van der Waals surface area contributed by atoms with E-state index in [9.17, 15) is 9.36 Å². The molecule has 2 N–H and O–H groups in total. The zero-order valence-corrected chi connectivity index (χ0v) is 28.2. The Bertz CT molecular complexity index is 1580. The predicted octanol–water partition coefficient (Wildman–Crippen LogP) is 5.06. The molecule has 1 amide bonds. The van der Waals surface area contributed by atoms with E-state index in [2.05, 4.69) is 43.9 Å². The Morgan fingerprint density at radius 2 is 1.82 bits per heavy atom. The zero-order chi connectivity index (χ0) is 32.1. The van der Waals surface area contributed by atoms with Crippen LogP contribution in [0.3, 0.4) is 0 Å². The van der Waals surface area contributed by atoms with E-state index in [-0.39, 0.29) is 5.91 Å². The van der Waals surface area contributed by atoms with E-state index in [0.717, 1.165) is 63.4 Å². The quantitative estimate of drug-likeness (QED) is 0.230. The molecule has 0 aliphatic carbocycles. The highest BCUT2D eigenvalue weighted by atomic mass is 35.5. The molecule has 5 rings (SSSR count). The molecular weight excluding hydrogens is 609 g/mol. The second-order valence-corrected chi connectivity index (χ2v) is 15.7. The minimum Gasteiger partial charge on any atom is -0.496 e. The molecule has 3 aromatic rings. The van der Waals surface area contributed by atoms with Crippen LogP contribution in [0, 0.1) is 0 Å². The molecule has 12 heteroatoms. The number of piperidine rings is 1. The molecule has 0 radical (unpaired) electrons. The van der Waals surface area contributed by atoms with E-state index in [1.54, 1.807) is 26.6 Å². The molecule has 2 saturated heterocycles. The minimum absolute atomic E-state index is 0.281. The maximum Gasteiger partial charge on any atom is 0.247 e. The van der Waals surface area contributed by atoms with E-state index < -0.39 is 7.14 Å². The summed E-state index contributed by atoms with van der Waals surface area (Å²) in [5.74, 6) is 1.33. The molecule has 2 aromatic carbocycles. The van der Waals surface area contributed by atoms with Gasteiger partial charge in [-0.25, -0.2) is 9.97 Å². The van der Waals surface area contributed by atoms with Crippen molar-refractivity contribution >= 4 is 52.8 Å². The summed E-state index contributed by atoms with van der Waals surface area (Å²) in [7, 11) is 1.28. The predicted molar refractivity (Wildman–Crippen MR) is 185 cm³/mol. The molecule has 0 saturated carbocycles. The molecule has 3 heterocycles. The fraction of sp³-hybridized carbons (Fsp3) is 0.424. The number of carbonyl (C=O) groups excluding carboxylic acids is 1. The Labute approximate surface area is 271 Å². The number of ether oxygens (including phenoxy) is 1. The number of hydrogen-bond donors (Lipinski definition) is 2. The first kappa shape index (κ1) is 32.9. The van der Waals surface area contributed by atoms with Gasteiger partial charge in [-0.05, 0) is 57.5 Å². The highest BCUT2D eigenvalue weighted by molar-refractivity contribution is 7.70. The Morgan fingerprint density at radius 3 is 2.49 bits per heavy atom. The van der Waals surface area contributed by atoms with Gasteiger partial charge in [-0.2, -0.15) is 0 Å². The molecule has 0 atom stereocenters. The van der Waals surface area contributed by atoms with Gasteiger partial charge in [0.2, 0.25) is 5.91 Å². The standard InChI is InChI=1S/C33H43ClN7O3P/c1-6-32(42)36-27-19-23(20-31-35-22-25(34)33(38-31)37-26-9-7-8-10-30(26)45(4,5)43)29(44-3)21-28(27)41-13-11-24(12-14-41)40-17-15-39(2)16-18-40/h6-10,19,21-22,24H,1,11-18,20H2,2-5H3,(H,36,42)(H,35,37,38). The third-order valence-electron chi connectivity index (χ3n) is 8.58. The van der Waals surface area contributed by atoms with E-state index in [4.69, 9.17) is 21.3 Å². The number of methoxy groups -OCH3 is 1. The molecule has 1 aromatic heterocycles. The maximum atomic E-state index is 12.9. The number of nitrogens with zero attached hydrogens (tertiary/aromatic N) is 5. The van der Waals surface area contributed by atoms with E-state index in [0.29, 0.717) is 51.6 Å². The second kappa shape index (κ2) is 14.3. The van der Waals surface area contributed by atoms with Crippen molar-refractivity contribution < 1.29 is 14.1 Å². The molecule has 2 aliphatic heterocycles. The third kappa shape index (κ3) is 8.05. The van der Waals surface area contributed by atoms with Gasteiger partial charge in [-0.3, -0.25) is 9.69 Å². The molecular formula is C33H43ClN7O3P. The van der Waals surface area contributed by atoms with Gasteiger partial charge < -0.3 is 29.7 Å². The molecule has 0 bridgehead atoms. The van der Waals surface area contributed by atoms with Crippen LogP contribution in [0.2, 0.25) is 5.02 Å². The number of anilines is 4. The molecule has 0 spiro atoms. The number of nitrogens with one attached hydrogen (secondary N) is 2. The summed E-state index contributed by atoms with van der Waals surface area (Å²) in [4.78, 5) is 29.1. The van der Waals surface area contributed by atoms with Crippen molar-refractivity contribution in [1.82, 2.24) is 19.8 Å². The Morgan fingerprint density at radius 1 is 1.11 bits per heavy atom. The number of aromatic nitrogens is 2. The normalized spacial score (nSPS) is 16.8. The van der Waals surface area contributed by atoms with Crippen LogP contribution in [0.1, 0.15) is 24.2 Å². The number of amides is 1. The number of rotatable bonds is 10. The van der Waals surface area contributed by atoms with Crippen LogP contribution < -0.4 is 25.6 Å². The van der Waals surface area contributed by atoms with E-state index in [1.807, 2.05) is 36.4 Å². The zero-order valence-electron chi connectivity index (χ0n) is 26.6. The minimum atomic E-state index is -2.55. The van der Waals surface area contributed by atoms with Crippen molar-refractivity contribution in [3.05, 3.63) is 71.7 Å². The van der Waals surface area contributed by atoms with Gasteiger partial charge in [0.15, 0.2) is 5.82 Å². The highest BCUT2D eigenvalue weighted by Gasteiger charge is 2.28. The number of benzene rings is 2. The lowest BCUT2D eigenvalue weighted by Crippen LogP contribution is -2.52. The molecule has 0 unspecified atom stereocenters. The SMILES string of the molecule is C=CC(=O)Nc1cc(Cc2ncc(Cl)c(Nc3ccccc3P(C)(C)=O)n2)c(OC)cc1N1CCC(N2CCN(C)CC2)CC1. The summed E-state index contributed by atoms with van der Waals surface area (Å²) in [6, 6.07) is 11.9. The first-order chi connectivity index (χ1) is 21.5. The summed E-state index contributed by atoms with van der Waals surface area (Å²) in [5, 5.41) is 7.34. The Kier molecular flexibility index (Phi) is 10.5. The van der Waals surface area contributed by atoms with E-state index >= 15 is 0 Å². The fourth-order valence-electron chi connectivity index (χ4n) is 6.07. The van der Waals surface area contributed by atoms with Crippen molar-refractivity contribution in [1.29, 1.82) is 0 Å². The number of para-hydroxylation sites is 1. The third-order valence-corrected chi connectivity index (χ3v) is 10.4. The summed E-state index contributed by atoms with van der Waals surface area (Å²) in [6.07, 6.45) is 5.28. The average Bonchev–Trinajstić information content (AvgIpc) is 3.03. The van der Waals surface area contributed by atoms with Crippen molar-refractivity contribution in [3.63, 3.8) is 0 Å². The first-order valence-corrected chi connectivity index (χ1v) is 18.3. The van der Waals surface area contributed by atoms with E-state index in [1.165, 1.54) is 6.08 Å². The van der Waals surface area contributed by atoms with Crippen molar-refractivity contribution in [2.24, 2.45) is 0 Å². The molecule has 10 nitrogen and oxygen atoms in total. The number of carbonyl (C=O) groups is 1. The fourth-order valence-corrected chi connectivity index (χ4v) is 7.36. The Balaban J connectivity index is 1.39. The molecule has 45 heavy (non-hydrogen) atoms. The summed E-state index contributed by atoms with van der Waals surface area (Å²) in [5.41, 5.74) is 3.11. The topological polar surface area (TPSA) is 103 Å². The molecule has 2 fully saturated rings. The van der Waals surface area contributed by atoms with Gasteiger partial charge in [0.25, 0.3) is 0 Å². The second-order valence-electron chi connectivity index (χ2n) is 12.1. The first-order valence-electron chi connectivity index (χ1n) is 15.3. The van der Waals surface area contributed by atoms with Gasteiger partial charge in [0, 0.05) is 68.7 Å². The maximum absolute atomic E-state index is 12.9. The van der Waals surface area contributed by atoms with Gasteiger partial charge in [-0.1, -0.05) is 30.3 Å². The lowest BCUT2D eigenvalue weighted by Gasteiger charge is -2.43. The largest absolute Gasteiger partial charge is 0.496 e. The van der Waals surface area contributed by atoms with Gasteiger partial charge in [0.1, 0.15) is 23.7 Å². The van der Waals surface area contributed by atoms with Crippen LogP contribution in [-0.4, -0.2) is 98.5 Å². The number of halogens is 1. The number of hydrogen-bond acceptors (Lipinski definition) is 9. The van der Waals surface area contributed by atoms with Crippen LogP contribution in [0.5, 0.6) is 5.75 Å². The number of piperazine rings is 1. The monoisotopic (exact) mass is 651 g/mol. The van der Waals surface area contributed by atoms with Crippen LogP contribution in [0.4, 0.5) is 22.9 Å². The summed E-state index contributed by atoms with van der Waals surface area (Å²) >= 11 is 6.50.